The molecule has 2 aromatic rings. The summed E-state index contributed by atoms with van der Waals surface area (Å²) in [5, 5.41) is 46.8. The number of Topliss-reactive ketones (excluding diaryl/α,β-unsaturated/α-hetero) is 1. The average molecular weight is 674 g/mol. The maximum absolute atomic E-state index is 14.1. The predicted molar refractivity (Wildman–Crippen MR) is 183 cm³/mol. The zero-order valence-electron chi connectivity index (χ0n) is 28.5. The number of phenolic OH excluding ortho intramolecular Hbond substituents is 1. The number of hydrogen-bond donors (Lipinski definition) is 5. The van der Waals surface area contributed by atoms with Gasteiger partial charge in [-0.1, -0.05) is 37.3 Å². The number of aliphatic hydroxyl groups excluding tert-OH is 2. The van der Waals surface area contributed by atoms with Gasteiger partial charge in [-0.15, -0.1) is 0 Å². The number of benzene rings is 2. The third-order valence-corrected chi connectivity index (χ3v) is 9.96. The number of cyclic esters (lactones) is 1. The molecule has 1 aliphatic carbocycles. The van der Waals surface area contributed by atoms with Crippen LogP contribution in [-0.2, 0) is 32.1 Å². The highest BCUT2D eigenvalue weighted by molar-refractivity contribution is 5.89. The number of aliphatic hydroxyl groups is 3. The van der Waals surface area contributed by atoms with Gasteiger partial charge in [-0.3, -0.25) is 9.59 Å². The molecule has 3 aliphatic rings. The van der Waals surface area contributed by atoms with E-state index in [0.29, 0.717) is 72.0 Å². The molecular weight excluding hydrogens is 626 g/mol. The number of ketones is 1. The summed E-state index contributed by atoms with van der Waals surface area (Å²) < 4.78 is 11.8. The van der Waals surface area contributed by atoms with Crippen molar-refractivity contribution in [2.45, 2.75) is 115 Å². The molecule has 5 N–H and O–H groups in total. The first-order valence-electron chi connectivity index (χ1n) is 17.3. The predicted octanol–water partition coefficient (Wildman–Crippen LogP) is 4.95. The Kier molecular flexibility index (Phi) is 11.5. The molecule has 262 valence electrons. The lowest BCUT2D eigenvalue weighted by atomic mass is 9.70. The molecule has 0 aromatic heterocycles. The van der Waals surface area contributed by atoms with Gasteiger partial charge in [-0.2, -0.15) is 0 Å². The van der Waals surface area contributed by atoms with E-state index in [-0.39, 0.29) is 55.6 Å². The van der Waals surface area contributed by atoms with Gasteiger partial charge in [0, 0.05) is 54.6 Å². The first-order valence-corrected chi connectivity index (χ1v) is 17.3. The molecule has 2 bridgehead atoms. The van der Waals surface area contributed by atoms with Gasteiger partial charge in [0.05, 0.1) is 25.0 Å². The molecule has 2 aliphatic heterocycles. The van der Waals surface area contributed by atoms with E-state index in [2.05, 4.69) is 17.2 Å². The molecule has 0 saturated heterocycles. The highest BCUT2D eigenvalue weighted by Gasteiger charge is 2.47. The molecule has 10 nitrogen and oxygen atoms in total. The molecule has 2 aromatic carbocycles. The highest BCUT2D eigenvalue weighted by atomic mass is 16.6. The quantitative estimate of drug-likeness (QED) is 0.107. The van der Waals surface area contributed by atoms with Crippen molar-refractivity contribution >= 4 is 23.4 Å². The number of fused-ring (bicyclic) bond motifs is 1. The average Bonchev–Trinajstić information content (AvgIpc) is 3.08. The summed E-state index contributed by atoms with van der Waals surface area (Å²) in [5.41, 5.74) is 1.87. The topological polar surface area (TPSA) is 163 Å². The number of nitrogens with one attached hydrogen (secondary N) is 1. The molecule has 1 fully saturated rings. The maximum Gasteiger partial charge on any atom is 0.334 e. The summed E-state index contributed by atoms with van der Waals surface area (Å²) in [4.78, 5) is 39.0. The lowest BCUT2D eigenvalue weighted by Crippen LogP contribution is -2.53. The Balaban J connectivity index is 1.64. The number of carbonyl (C=O) groups is 3. The minimum Gasteiger partial charge on any atom is -0.508 e. The van der Waals surface area contributed by atoms with Crippen LogP contribution in [0.1, 0.15) is 106 Å². The maximum atomic E-state index is 14.1. The van der Waals surface area contributed by atoms with E-state index in [4.69, 9.17) is 9.47 Å². The number of carbonyl (C=O) groups excluding carboxylic acids is 3. The van der Waals surface area contributed by atoms with E-state index in [9.17, 15) is 34.8 Å². The molecular formula is C39H47NO9. The van der Waals surface area contributed by atoms with Gasteiger partial charge < -0.3 is 35.2 Å². The minimum atomic E-state index is -1.48. The van der Waals surface area contributed by atoms with Crippen LogP contribution in [-0.4, -0.2) is 62.5 Å². The molecule has 10 heteroatoms. The first kappa shape index (κ1) is 36.1. The van der Waals surface area contributed by atoms with Gasteiger partial charge in [0.1, 0.15) is 29.0 Å². The molecule has 49 heavy (non-hydrogen) atoms. The van der Waals surface area contributed by atoms with Gasteiger partial charge in [0.15, 0.2) is 0 Å². The molecule has 0 amide bonds. The van der Waals surface area contributed by atoms with Crippen LogP contribution >= 0.6 is 0 Å². The number of anilines is 1. The molecule has 5 rings (SSSR count). The van der Waals surface area contributed by atoms with Crippen LogP contribution in [0.15, 0.2) is 42.0 Å². The number of rotatable bonds is 9. The number of ether oxygens (including phenoxy) is 2. The molecule has 0 spiro atoms. The number of allylic oxidation sites excluding steroid dienone is 1. The van der Waals surface area contributed by atoms with Crippen LogP contribution < -0.4 is 10.1 Å². The van der Waals surface area contributed by atoms with E-state index in [1.807, 2.05) is 19.1 Å². The van der Waals surface area contributed by atoms with Crippen LogP contribution in [0.5, 0.6) is 11.5 Å². The van der Waals surface area contributed by atoms with Crippen molar-refractivity contribution in [3.05, 3.63) is 64.2 Å². The Hall–Kier alpha value is -4.17. The van der Waals surface area contributed by atoms with Crippen molar-refractivity contribution < 1.29 is 44.3 Å². The van der Waals surface area contributed by atoms with Crippen LogP contribution in [0.25, 0.3) is 0 Å². The summed E-state index contributed by atoms with van der Waals surface area (Å²) in [5.74, 6) is 4.23. The third-order valence-electron chi connectivity index (χ3n) is 9.96. The van der Waals surface area contributed by atoms with Crippen molar-refractivity contribution in [3.8, 4) is 23.3 Å². The van der Waals surface area contributed by atoms with E-state index < -0.39 is 41.6 Å². The smallest absolute Gasteiger partial charge is 0.334 e. The SMILES string of the molecule is C/C=C1/C[C@@H](c2cc(CO)cc(NC[C@H](C)O)c2)C#C[C@H]2CC(=O)Oc3cc(O)c(cc32)C[C@H]([C@](O)(CCC)C2CCC(=O)CC2)OC1=O. The number of phenols is 1. The van der Waals surface area contributed by atoms with E-state index in [0.717, 1.165) is 0 Å². The number of aromatic hydroxyl groups is 1. The van der Waals surface area contributed by atoms with Gasteiger partial charge >= 0.3 is 11.9 Å². The Bertz CT molecular complexity index is 1660. The second-order valence-corrected chi connectivity index (χ2v) is 13.6. The Morgan fingerprint density at radius 3 is 2.45 bits per heavy atom. The number of hydrogen-bond acceptors (Lipinski definition) is 10. The van der Waals surface area contributed by atoms with Gasteiger partial charge in [-0.25, -0.2) is 4.79 Å². The zero-order chi connectivity index (χ0) is 35.3. The lowest BCUT2D eigenvalue weighted by Gasteiger charge is -2.43. The third kappa shape index (κ3) is 8.35. The Labute approximate surface area is 287 Å². The van der Waals surface area contributed by atoms with Crippen LogP contribution in [0.4, 0.5) is 5.69 Å². The van der Waals surface area contributed by atoms with Crippen molar-refractivity contribution in [1.29, 1.82) is 0 Å². The Morgan fingerprint density at radius 2 is 1.78 bits per heavy atom. The van der Waals surface area contributed by atoms with E-state index >= 15 is 0 Å². The first-order chi connectivity index (χ1) is 23.4. The van der Waals surface area contributed by atoms with Crippen LogP contribution in [0.3, 0.4) is 0 Å². The second-order valence-electron chi connectivity index (χ2n) is 13.6. The second kappa shape index (κ2) is 15.6. The minimum absolute atomic E-state index is 0.00281. The molecule has 0 radical (unpaired) electrons. The lowest BCUT2D eigenvalue weighted by molar-refractivity contribution is -0.174. The van der Waals surface area contributed by atoms with Crippen molar-refractivity contribution in [2.75, 3.05) is 11.9 Å². The fourth-order valence-electron chi connectivity index (χ4n) is 7.29. The highest BCUT2D eigenvalue weighted by Crippen LogP contribution is 2.43. The molecule has 1 saturated carbocycles. The Morgan fingerprint density at radius 1 is 1.04 bits per heavy atom. The summed E-state index contributed by atoms with van der Waals surface area (Å²) in [7, 11) is 0. The van der Waals surface area contributed by atoms with Gasteiger partial charge in [0.2, 0.25) is 0 Å². The zero-order valence-corrected chi connectivity index (χ0v) is 28.5. The summed E-state index contributed by atoms with van der Waals surface area (Å²) in [6, 6.07) is 8.57. The molecule has 0 unspecified atom stereocenters. The number of esters is 2. The largest absolute Gasteiger partial charge is 0.508 e. The molecule has 2 heterocycles. The van der Waals surface area contributed by atoms with E-state index in [1.54, 1.807) is 32.1 Å². The van der Waals surface area contributed by atoms with Crippen LogP contribution in [0.2, 0.25) is 0 Å². The van der Waals surface area contributed by atoms with Crippen molar-refractivity contribution in [1.82, 2.24) is 0 Å². The summed E-state index contributed by atoms with van der Waals surface area (Å²) in [6.45, 7) is 5.38. The normalized spacial score (nSPS) is 24.2. The fourth-order valence-corrected chi connectivity index (χ4v) is 7.29. The van der Waals surface area contributed by atoms with E-state index in [1.165, 1.54) is 6.07 Å². The standard InChI is InChI=1S/C39H47NO9/c1-4-12-39(47,30-8-10-32(43)11-9-30)36-18-29-17-33-27(19-37(45)48-35(33)20-34(29)44)7-6-26(15-25(5-2)38(46)49-36)28-13-24(22-41)14-31(16-28)40-21-23(3)42/h5,13-14,16-17,20,23,26-27,30,36,40-42,44,47H,4,8-12,15,18-19,21-22H2,1-3H3/b25-5-/t23-,26-,27-,36+,39-/m0/s1. The monoisotopic (exact) mass is 673 g/mol. The summed E-state index contributed by atoms with van der Waals surface area (Å²) >= 11 is 0. The molecule has 5 atom stereocenters. The summed E-state index contributed by atoms with van der Waals surface area (Å²) in [6.07, 6.45) is 2.66. The van der Waals surface area contributed by atoms with Gasteiger partial charge in [0.25, 0.3) is 0 Å². The van der Waals surface area contributed by atoms with Crippen molar-refractivity contribution in [3.63, 3.8) is 0 Å². The van der Waals surface area contributed by atoms with Crippen molar-refractivity contribution in [2.24, 2.45) is 5.92 Å². The van der Waals surface area contributed by atoms with Crippen LogP contribution in [0, 0.1) is 17.8 Å². The fraction of sp³-hybridized carbons (Fsp3) is 0.513. The van der Waals surface area contributed by atoms with Gasteiger partial charge in [-0.05, 0) is 80.3 Å².